The van der Waals surface area contributed by atoms with E-state index in [1.165, 1.54) is 20.8 Å². The molecular formula is C37H54N10O14. The van der Waals surface area contributed by atoms with E-state index < -0.39 is 140 Å². The average Bonchev–Trinajstić information content (AvgIpc) is 3.81. The number of hydrogen-bond acceptors (Lipinski definition) is 14. The fourth-order valence-electron chi connectivity index (χ4n) is 6.41. The minimum absolute atomic E-state index is 0.00448. The van der Waals surface area contributed by atoms with E-state index in [9.17, 15) is 68.7 Å². The van der Waals surface area contributed by atoms with Crippen molar-refractivity contribution in [3.05, 3.63) is 36.0 Å². The number of carbonyl (C=O) groups is 9. The summed E-state index contributed by atoms with van der Waals surface area (Å²) in [5.41, 5.74) is 12.2. The second-order valence-corrected chi connectivity index (χ2v) is 14.8. The molecule has 1 fully saturated rings. The van der Waals surface area contributed by atoms with E-state index in [0.29, 0.717) is 16.5 Å². The summed E-state index contributed by atoms with van der Waals surface area (Å²) in [5, 5.41) is 63.1. The predicted octanol–water partition coefficient (Wildman–Crippen LogP) is -6.48. The zero-order valence-electron chi connectivity index (χ0n) is 33.6. The van der Waals surface area contributed by atoms with E-state index in [1.54, 1.807) is 30.5 Å². The van der Waals surface area contributed by atoms with Gasteiger partial charge in [0.2, 0.25) is 47.3 Å². The number of rotatable bonds is 22. The van der Waals surface area contributed by atoms with Crippen LogP contribution < -0.4 is 43.4 Å². The third-order valence-electron chi connectivity index (χ3n) is 9.81. The quantitative estimate of drug-likeness (QED) is 0.0524. The molecule has 1 saturated heterocycles. The molecule has 0 aliphatic carbocycles. The third-order valence-corrected chi connectivity index (χ3v) is 9.81. The maximum atomic E-state index is 13.7. The minimum atomic E-state index is -1.80. The number of fused-ring (bicyclic) bond motifs is 1. The first-order valence-electron chi connectivity index (χ1n) is 19.2. The summed E-state index contributed by atoms with van der Waals surface area (Å²) in [6.07, 6.45) is -0.736. The van der Waals surface area contributed by atoms with Gasteiger partial charge in [-0.1, -0.05) is 32.0 Å². The Hall–Kier alpha value is -6.21. The second kappa shape index (κ2) is 22.4. The summed E-state index contributed by atoms with van der Waals surface area (Å²) < 4.78 is 0. The molecule has 0 spiro atoms. The third kappa shape index (κ3) is 13.1. The summed E-state index contributed by atoms with van der Waals surface area (Å²) in [6, 6.07) is -5.40. The van der Waals surface area contributed by atoms with Crippen molar-refractivity contribution in [2.45, 2.75) is 94.5 Å². The van der Waals surface area contributed by atoms with Gasteiger partial charge in [0, 0.05) is 30.1 Å². The van der Waals surface area contributed by atoms with Crippen LogP contribution in [0.25, 0.3) is 10.9 Å². The molecule has 1 aromatic carbocycles. The van der Waals surface area contributed by atoms with Crippen molar-refractivity contribution in [3.8, 4) is 0 Å². The number of hydrogen-bond donors (Lipinski definition) is 14. The van der Waals surface area contributed by atoms with Gasteiger partial charge in [0.1, 0.15) is 48.3 Å². The molecule has 8 amide bonds. The molecule has 24 heteroatoms. The molecule has 1 aliphatic heterocycles. The number of aliphatic hydroxyl groups is 4. The molecule has 1 aromatic heterocycles. The Kier molecular flexibility index (Phi) is 18.1. The minimum Gasteiger partial charge on any atom is -0.480 e. The standard InChI is InChI=1S/C37H54N10O14/c1-16(2)28(34(57)43-22(31(54)45-25(15-50)37(60)61)10-18-12-40-21-7-5-4-6-19(18)21)46-33(56)24(14-49)44-32(55)23(11-27(39)52)42-30(53)17(3)41-35(58)29-26(51)8-9-47(29)36(59)20(38)13-48/h4-7,12,16-17,20,22-26,28-29,40,48-51H,8-11,13-15,38H2,1-3H3,(H2,39,52)(H,41,58)(H,42,53)(H,43,57)(H,44,55)(H,45,54)(H,46,56)(H,60,61)/t17-,20-,22-,23-,24-,25-,26-,28+,29-/m0/s1. The number of nitrogens with one attached hydrogen (secondary N) is 7. The van der Waals surface area contributed by atoms with Gasteiger partial charge >= 0.3 is 5.97 Å². The topological polar surface area (TPSA) is 398 Å². The van der Waals surface area contributed by atoms with Gasteiger partial charge in [-0.2, -0.15) is 0 Å². The van der Waals surface area contributed by atoms with E-state index in [0.717, 1.165) is 4.90 Å². The number of carboxylic acids is 1. The number of amides is 8. The number of nitrogens with two attached hydrogens (primary N) is 2. The summed E-state index contributed by atoms with van der Waals surface area (Å²) in [7, 11) is 0. The second-order valence-electron chi connectivity index (χ2n) is 14.8. The van der Waals surface area contributed by atoms with Crippen molar-refractivity contribution < 1.29 is 68.7 Å². The first-order chi connectivity index (χ1) is 28.7. The molecule has 3 rings (SSSR count). The number of carboxylic acid groups (broad SMARTS) is 1. The maximum absolute atomic E-state index is 13.7. The van der Waals surface area contributed by atoms with Crippen LogP contribution >= 0.6 is 0 Å². The van der Waals surface area contributed by atoms with Crippen molar-refractivity contribution in [1.82, 2.24) is 41.8 Å². The van der Waals surface area contributed by atoms with Gasteiger partial charge < -0.3 is 78.8 Å². The van der Waals surface area contributed by atoms with Crippen LogP contribution in [0.3, 0.4) is 0 Å². The van der Waals surface area contributed by atoms with Crippen molar-refractivity contribution in [1.29, 1.82) is 0 Å². The molecule has 336 valence electrons. The Morgan fingerprint density at radius 3 is 1.93 bits per heavy atom. The number of aromatic amines is 1. The van der Waals surface area contributed by atoms with Crippen LogP contribution in [0.5, 0.6) is 0 Å². The number of likely N-dealkylation sites (tertiary alicyclic amines) is 1. The van der Waals surface area contributed by atoms with Crippen molar-refractivity contribution in [2.24, 2.45) is 17.4 Å². The fourth-order valence-corrected chi connectivity index (χ4v) is 6.41. The molecule has 2 aromatic rings. The first kappa shape index (κ1) is 49.2. The molecule has 24 nitrogen and oxygen atoms in total. The van der Waals surface area contributed by atoms with Gasteiger partial charge in [-0.05, 0) is 30.9 Å². The molecule has 2 heterocycles. The van der Waals surface area contributed by atoms with Crippen molar-refractivity contribution >= 4 is 64.1 Å². The Bertz CT molecular complexity index is 1940. The Morgan fingerprint density at radius 2 is 1.34 bits per heavy atom. The van der Waals surface area contributed by atoms with Crippen molar-refractivity contribution in [2.75, 3.05) is 26.4 Å². The van der Waals surface area contributed by atoms with Crippen molar-refractivity contribution in [3.63, 3.8) is 0 Å². The van der Waals surface area contributed by atoms with Crippen LogP contribution in [0.15, 0.2) is 30.5 Å². The highest BCUT2D eigenvalue weighted by atomic mass is 16.4. The molecule has 0 radical (unpaired) electrons. The molecule has 0 saturated carbocycles. The van der Waals surface area contributed by atoms with Crippen LogP contribution in [-0.2, 0) is 49.6 Å². The monoisotopic (exact) mass is 862 g/mol. The average molecular weight is 863 g/mol. The van der Waals surface area contributed by atoms with E-state index >= 15 is 0 Å². The number of H-pyrrole nitrogens is 1. The normalized spacial score (nSPS) is 18.4. The van der Waals surface area contributed by atoms with Crippen LogP contribution in [0.2, 0.25) is 0 Å². The molecule has 9 atom stereocenters. The number of para-hydroxylation sites is 1. The highest BCUT2D eigenvalue weighted by Crippen LogP contribution is 2.21. The van der Waals surface area contributed by atoms with Crippen LogP contribution in [0.1, 0.15) is 39.2 Å². The molecule has 0 bridgehead atoms. The largest absolute Gasteiger partial charge is 0.480 e. The zero-order valence-corrected chi connectivity index (χ0v) is 33.6. The lowest BCUT2D eigenvalue weighted by atomic mass is 10.00. The Labute approximate surface area is 348 Å². The molecule has 61 heavy (non-hydrogen) atoms. The molecule has 16 N–H and O–H groups in total. The lowest BCUT2D eigenvalue weighted by molar-refractivity contribution is -0.143. The summed E-state index contributed by atoms with van der Waals surface area (Å²) in [6.45, 7) is 1.43. The van der Waals surface area contributed by atoms with Gasteiger partial charge in [-0.3, -0.25) is 38.4 Å². The summed E-state index contributed by atoms with van der Waals surface area (Å²) in [5.74, 6) is -10.4. The molecular weight excluding hydrogens is 808 g/mol. The Balaban J connectivity index is 1.73. The van der Waals surface area contributed by atoms with Crippen LogP contribution in [-0.4, -0.2) is 169 Å². The maximum Gasteiger partial charge on any atom is 0.328 e. The van der Waals surface area contributed by atoms with E-state index in [2.05, 4.69) is 36.9 Å². The lowest BCUT2D eigenvalue weighted by Crippen LogP contribution is -2.61. The highest BCUT2D eigenvalue weighted by Gasteiger charge is 2.43. The van der Waals surface area contributed by atoms with E-state index in [-0.39, 0.29) is 19.4 Å². The molecule has 1 aliphatic rings. The Morgan fingerprint density at radius 1 is 0.770 bits per heavy atom. The number of aliphatic carboxylic acids is 1. The fraction of sp³-hybridized carbons (Fsp3) is 0.541. The predicted molar refractivity (Wildman–Crippen MR) is 211 cm³/mol. The van der Waals surface area contributed by atoms with Gasteiger partial charge in [-0.15, -0.1) is 0 Å². The number of benzene rings is 1. The first-order valence-corrected chi connectivity index (χ1v) is 19.2. The highest BCUT2D eigenvalue weighted by molar-refractivity contribution is 5.99. The number of carbonyl (C=O) groups excluding carboxylic acids is 8. The summed E-state index contributed by atoms with van der Waals surface area (Å²) >= 11 is 0. The number of nitrogens with zero attached hydrogens (tertiary/aromatic N) is 1. The van der Waals surface area contributed by atoms with Gasteiger partial charge in [0.05, 0.1) is 32.3 Å². The van der Waals surface area contributed by atoms with E-state index in [4.69, 9.17) is 11.5 Å². The molecule has 0 unspecified atom stereocenters. The SMILES string of the molecule is CC(C)[C@@H](NC(=O)[C@H](CO)NC(=O)[C@H](CC(N)=O)NC(=O)[C@H](C)NC(=O)[C@@H]1[C@@H](O)CCN1C(=O)[C@@H](N)CO)C(=O)N[C@@H](Cc1c[nH]c2ccccc12)C(=O)N[C@@H](CO)C(=O)O. The van der Waals surface area contributed by atoms with Gasteiger partial charge in [0.25, 0.3) is 0 Å². The van der Waals surface area contributed by atoms with Crippen LogP contribution in [0, 0.1) is 5.92 Å². The van der Waals surface area contributed by atoms with Crippen LogP contribution in [0.4, 0.5) is 0 Å². The number of primary amides is 1. The number of aromatic nitrogens is 1. The summed E-state index contributed by atoms with van der Waals surface area (Å²) in [4.78, 5) is 120. The zero-order chi connectivity index (χ0) is 45.7. The van der Waals surface area contributed by atoms with E-state index in [1.807, 2.05) is 0 Å². The van der Waals surface area contributed by atoms with Gasteiger partial charge in [-0.25, -0.2) is 4.79 Å². The number of aliphatic hydroxyl groups excluding tert-OH is 4. The smallest absolute Gasteiger partial charge is 0.328 e. The van der Waals surface area contributed by atoms with Gasteiger partial charge in [0.15, 0.2) is 0 Å². The lowest BCUT2D eigenvalue weighted by Gasteiger charge is -2.29.